The van der Waals surface area contributed by atoms with E-state index >= 15 is 0 Å². The van der Waals surface area contributed by atoms with Crippen LogP contribution in [-0.4, -0.2) is 52.9 Å². The van der Waals surface area contributed by atoms with Crippen LogP contribution in [0.4, 0.5) is 15.8 Å². The Morgan fingerprint density at radius 3 is 2.38 bits per heavy atom. The van der Waals surface area contributed by atoms with E-state index in [-0.39, 0.29) is 11.6 Å². The van der Waals surface area contributed by atoms with Gasteiger partial charge in [-0.1, -0.05) is 0 Å². The monoisotopic (exact) mass is 464 g/mol. The molecule has 4 rings (SSSR count). The van der Waals surface area contributed by atoms with Gasteiger partial charge in [0, 0.05) is 28.9 Å². The topological polar surface area (TPSA) is 99.3 Å². The number of benzene rings is 3. The second-order valence-corrected chi connectivity index (χ2v) is 8.75. The number of fused-ring (bicyclic) bond motifs is 1. The third-order valence-corrected chi connectivity index (χ3v) is 4.89. The fraction of sp³-hybridized carbons (Fsp3) is 0.167. The number of non-ortho nitro benzene ring substituents is 1. The molecule has 0 aliphatic rings. The number of imidazole rings is 1. The molecule has 0 fully saturated rings. The van der Waals surface area contributed by atoms with Crippen LogP contribution in [0.1, 0.15) is 10.4 Å². The molecule has 0 spiro atoms. The van der Waals surface area contributed by atoms with Gasteiger partial charge in [-0.05, 0) is 54.6 Å². The number of nitrogens with one attached hydrogen (secondary N) is 1. The lowest BCUT2D eigenvalue weighted by atomic mass is 10.1. The Bertz CT molecular complexity index is 1360. The third kappa shape index (κ3) is 5.02. The summed E-state index contributed by atoms with van der Waals surface area (Å²) >= 11 is 0. The standard InChI is InChI=1S/C24H22FN5O4/c1-30(2,3)15-34-28-22-14-20(29(32)33)12-13-21(22)27-23(28)16-6-10-19(11-7-16)26-24(31)17-4-8-18(25)9-5-17/h4-14H,15H2,1-3H3/p+1. The predicted molar refractivity (Wildman–Crippen MR) is 126 cm³/mol. The molecule has 10 heteroatoms. The molecule has 0 radical (unpaired) electrons. The molecule has 3 aromatic carbocycles. The number of hydrogen-bond acceptors (Lipinski definition) is 5. The van der Waals surface area contributed by atoms with Gasteiger partial charge in [0.05, 0.1) is 31.6 Å². The Kier molecular flexibility index (Phi) is 5.99. The summed E-state index contributed by atoms with van der Waals surface area (Å²) in [6.07, 6.45) is 0. The van der Waals surface area contributed by atoms with Crippen LogP contribution < -0.4 is 10.2 Å². The molecule has 0 saturated carbocycles. The van der Waals surface area contributed by atoms with E-state index in [1.54, 1.807) is 30.3 Å². The smallest absolute Gasteiger partial charge is 0.271 e. The van der Waals surface area contributed by atoms with Crippen LogP contribution >= 0.6 is 0 Å². The van der Waals surface area contributed by atoms with Crippen LogP contribution in [0, 0.1) is 15.9 Å². The van der Waals surface area contributed by atoms with Crippen molar-refractivity contribution in [3.63, 3.8) is 0 Å². The number of rotatable bonds is 7. The van der Waals surface area contributed by atoms with E-state index in [9.17, 15) is 19.3 Å². The van der Waals surface area contributed by atoms with E-state index in [2.05, 4.69) is 10.3 Å². The van der Waals surface area contributed by atoms with Gasteiger partial charge in [-0.2, -0.15) is 4.73 Å². The number of nitro benzene ring substituents is 1. The van der Waals surface area contributed by atoms with Crippen LogP contribution in [0.3, 0.4) is 0 Å². The first kappa shape index (κ1) is 22.9. The highest BCUT2D eigenvalue weighted by atomic mass is 19.1. The third-order valence-electron chi connectivity index (χ3n) is 4.89. The second-order valence-electron chi connectivity index (χ2n) is 8.75. The van der Waals surface area contributed by atoms with Crippen LogP contribution in [0.2, 0.25) is 0 Å². The summed E-state index contributed by atoms with van der Waals surface area (Å²) in [4.78, 5) is 33.8. The average Bonchev–Trinajstić information content (AvgIpc) is 3.16. The minimum absolute atomic E-state index is 0.0621. The van der Waals surface area contributed by atoms with Crippen molar-refractivity contribution in [3.8, 4) is 11.4 Å². The molecule has 34 heavy (non-hydrogen) atoms. The first-order chi connectivity index (χ1) is 16.1. The lowest BCUT2D eigenvalue weighted by Gasteiger charge is -2.24. The lowest BCUT2D eigenvalue weighted by molar-refractivity contribution is -0.889. The van der Waals surface area contributed by atoms with E-state index in [0.717, 1.165) is 0 Å². The van der Waals surface area contributed by atoms with Crippen molar-refractivity contribution in [3.05, 3.63) is 88.2 Å². The molecule has 0 atom stereocenters. The number of nitro groups is 1. The number of hydrogen-bond donors (Lipinski definition) is 1. The van der Waals surface area contributed by atoms with Crippen molar-refractivity contribution in [1.29, 1.82) is 0 Å². The first-order valence-electron chi connectivity index (χ1n) is 10.4. The number of anilines is 1. The van der Waals surface area contributed by atoms with Crippen LogP contribution in [0.5, 0.6) is 0 Å². The zero-order chi connectivity index (χ0) is 24.5. The van der Waals surface area contributed by atoms with Gasteiger partial charge in [0.25, 0.3) is 11.6 Å². The zero-order valence-electron chi connectivity index (χ0n) is 18.9. The Morgan fingerprint density at radius 1 is 1.09 bits per heavy atom. The van der Waals surface area contributed by atoms with E-state index in [4.69, 9.17) is 4.84 Å². The highest BCUT2D eigenvalue weighted by Crippen LogP contribution is 2.28. The van der Waals surface area contributed by atoms with E-state index in [0.29, 0.717) is 44.9 Å². The van der Waals surface area contributed by atoms with E-state index < -0.39 is 10.7 Å². The maximum Gasteiger partial charge on any atom is 0.271 e. The van der Waals surface area contributed by atoms with E-state index in [1.165, 1.54) is 41.1 Å². The molecule has 0 unspecified atom stereocenters. The molecule has 174 valence electrons. The second kappa shape index (κ2) is 8.91. The molecule has 0 aliphatic carbocycles. The summed E-state index contributed by atoms with van der Waals surface area (Å²) in [7, 11) is 5.87. The number of aromatic nitrogens is 2. The van der Waals surface area contributed by atoms with Gasteiger partial charge >= 0.3 is 0 Å². The minimum atomic E-state index is -0.463. The molecule has 1 N–H and O–H groups in total. The van der Waals surface area contributed by atoms with Gasteiger partial charge in [-0.15, -0.1) is 0 Å². The Morgan fingerprint density at radius 2 is 1.76 bits per heavy atom. The van der Waals surface area contributed by atoms with Crippen LogP contribution in [0.15, 0.2) is 66.7 Å². The fourth-order valence-corrected chi connectivity index (χ4v) is 3.21. The van der Waals surface area contributed by atoms with Crippen LogP contribution in [-0.2, 0) is 0 Å². The number of amides is 1. The molecule has 0 aliphatic heterocycles. The maximum atomic E-state index is 13.1. The van der Waals surface area contributed by atoms with Gasteiger partial charge in [0.1, 0.15) is 11.3 Å². The molecule has 0 bridgehead atoms. The minimum Gasteiger partial charge on any atom is -0.356 e. The summed E-state index contributed by atoms with van der Waals surface area (Å²) in [5.41, 5.74) is 2.54. The van der Waals surface area contributed by atoms with Crippen molar-refractivity contribution >= 4 is 28.3 Å². The summed E-state index contributed by atoms with van der Waals surface area (Å²) in [6.45, 7) is 0.299. The van der Waals surface area contributed by atoms with Crippen molar-refractivity contribution in [2.24, 2.45) is 0 Å². The van der Waals surface area contributed by atoms with Gasteiger partial charge in [-0.3, -0.25) is 19.4 Å². The van der Waals surface area contributed by atoms with Gasteiger partial charge in [0.15, 0.2) is 5.82 Å². The SMILES string of the molecule is C[N+](C)(C)COn1c(-c2ccc(NC(=O)c3ccc(F)cc3)cc2)nc2ccc([N+](=O)[O-])cc21. The van der Waals surface area contributed by atoms with Gasteiger partial charge in [0.2, 0.25) is 6.73 Å². The van der Waals surface area contributed by atoms with Gasteiger partial charge < -0.3 is 10.2 Å². The highest BCUT2D eigenvalue weighted by molar-refractivity contribution is 6.04. The number of carbonyl (C=O) groups is 1. The molecule has 1 heterocycles. The molecule has 1 aromatic heterocycles. The molecule has 9 nitrogen and oxygen atoms in total. The van der Waals surface area contributed by atoms with Crippen molar-refractivity contribution in [2.75, 3.05) is 33.2 Å². The lowest BCUT2D eigenvalue weighted by Crippen LogP contribution is -2.40. The van der Waals surface area contributed by atoms with E-state index in [1.807, 2.05) is 21.1 Å². The Hall–Kier alpha value is -4.31. The number of halogens is 1. The zero-order valence-corrected chi connectivity index (χ0v) is 18.9. The highest BCUT2D eigenvalue weighted by Gasteiger charge is 2.19. The van der Waals surface area contributed by atoms with Crippen molar-refractivity contribution in [2.45, 2.75) is 0 Å². The summed E-state index contributed by atoms with van der Waals surface area (Å²) < 4.78 is 15.1. The normalized spacial score (nSPS) is 11.4. The Balaban J connectivity index is 1.65. The number of nitrogens with zero attached hydrogens (tertiary/aromatic N) is 4. The van der Waals surface area contributed by atoms with Crippen molar-refractivity contribution in [1.82, 2.24) is 9.71 Å². The molecule has 4 aromatic rings. The molecular weight excluding hydrogens is 441 g/mol. The summed E-state index contributed by atoms with van der Waals surface area (Å²) in [6, 6.07) is 16.6. The predicted octanol–water partition coefficient (Wildman–Crippen LogP) is 4.10. The quantitative estimate of drug-likeness (QED) is 0.192. The largest absolute Gasteiger partial charge is 0.356 e. The first-order valence-corrected chi connectivity index (χ1v) is 10.4. The number of carbonyl (C=O) groups excluding carboxylic acids is 1. The molecular formula is C24H23FN5O4+. The summed E-state index contributed by atoms with van der Waals surface area (Å²) in [5.74, 6) is -0.305. The average molecular weight is 464 g/mol. The van der Waals surface area contributed by atoms with Gasteiger partial charge in [-0.25, -0.2) is 9.37 Å². The summed E-state index contributed by atoms with van der Waals surface area (Å²) in [5, 5.41) is 14.0. The van der Waals surface area contributed by atoms with Crippen molar-refractivity contribution < 1.29 is 23.4 Å². The molecule has 0 saturated heterocycles. The molecule has 1 amide bonds. The number of quaternary nitrogens is 1. The Labute approximate surface area is 194 Å². The fourth-order valence-electron chi connectivity index (χ4n) is 3.21. The van der Waals surface area contributed by atoms with Crippen LogP contribution in [0.25, 0.3) is 22.4 Å². The maximum absolute atomic E-state index is 13.1.